The number of rotatable bonds is 4. The molecular weight excluding hydrogens is 395 g/mol. The predicted octanol–water partition coefficient (Wildman–Crippen LogP) is 4.83. The maximum atomic E-state index is 13.4. The van der Waals surface area contributed by atoms with Crippen LogP contribution in [0.1, 0.15) is 37.9 Å². The smallest absolute Gasteiger partial charge is 0.290 e. The molecule has 3 aromatic rings. The highest BCUT2D eigenvalue weighted by molar-refractivity contribution is 6.11. The number of benzene rings is 2. The second-order valence-corrected chi connectivity index (χ2v) is 9.02. The fourth-order valence-electron chi connectivity index (χ4n) is 4.15. The number of fused-ring (bicyclic) bond motifs is 1. The Balaban J connectivity index is 1.89. The summed E-state index contributed by atoms with van der Waals surface area (Å²) in [5.74, 6) is -1.76. The Labute approximate surface area is 180 Å². The molecule has 160 valence electrons. The lowest BCUT2D eigenvalue weighted by Crippen LogP contribution is -2.32. The van der Waals surface area contributed by atoms with E-state index in [0.717, 1.165) is 16.5 Å². The summed E-state index contributed by atoms with van der Waals surface area (Å²) in [6, 6.07) is 12.9. The molecule has 6 heteroatoms. The fourth-order valence-corrected chi connectivity index (χ4v) is 4.15. The topological polar surface area (TPSA) is 62.5 Å². The Kier molecular flexibility index (Phi) is 4.96. The maximum absolute atomic E-state index is 13.4. The van der Waals surface area contributed by atoms with Crippen LogP contribution in [-0.2, 0) is 23.2 Å². The van der Waals surface area contributed by atoms with E-state index in [0.29, 0.717) is 5.56 Å². The Bertz CT molecular complexity index is 1220. The van der Waals surface area contributed by atoms with Gasteiger partial charge in [0, 0.05) is 41.7 Å². The van der Waals surface area contributed by atoms with Crippen molar-refractivity contribution in [3.8, 4) is 0 Å². The third-order valence-electron chi connectivity index (χ3n) is 5.72. The van der Waals surface area contributed by atoms with Crippen LogP contribution < -0.4 is 0 Å². The fraction of sp³-hybridized carbons (Fsp3) is 0.280. The Hall–Kier alpha value is -3.41. The number of aromatic nitrogens is 1. The van der Waals surface area contributed by atoms with Crippen LogP contribution in [0.4, 0.5) is 4.39 Å². The van der Waals surface area contributed by atoms with Gasteiger partial charge in [-0.15, -0.1) is 0 Å². The second kappa shape index (κ2) is 7.38. The Morgan fingerprint density at radius 3 is 2.39 bits per heavy atom. The molecule has 5 nitrogen and oxygen atoms in total. The summed E-state index contributed by atoms with van der Waals surface area (Å²) in [7, 11) is 1.90. The van der Waals surface area contributed by atoms with Gasteiger partial charge >= 0.3 is 0 Å². The number of amides is 1. The van der Waals surface area contributed by atoms with E-state index in [9.17, 15) is 19.1 Å². The summed E-state index contributed by atoms with van der Waals surface area (Å²) >= 11 is 0. The van der Waals surface area contributed by atoms with Gasteiger partial charge in [-0.3, -0.25) is 9.59 Å². The molecule has 0 saturated carbocycles. The highest BCUT2D eigenvalue weighted by atomic mass is 19.1. The monoisotopic (exact) mass is 420 g/mol. The van der Waals surface area contributed by atoms with Crippen LogP contribution in [0.3, 0.4) is 0 Å². The number of hydrogen-bond acceptors (Lipinski definition) is 3. The minimum absolute atomic E-state index is 0.107. The number of aliphatic hydroxyl groups is 1. The van der Waals surface area contributed by atoms with E-state index in [4.69, 9.17) is 0 Å². The molecule has 1 aliphatic heterocycles. The summed E-state index contributed by atoms with van der Waals surface area (Å²) in [5.41, 5.74) is 1.76. The molecule has 0 spiro atoms. The quantitative estimate of drug-likeness (QED) is 0.658. The van der Waals surface area contributed by atoms with E-state index < -0.39 is 23.1 Å². The van der Waals surface area contributed by atoms with Gasteiger partial charge in [0.2, 0.25) is 0 Å². The maximum Gasteiger partial charge on any atom is 0.290 e. The number of para-hydroxylation sites is 1. The molecule has 4 rings (SSSR count). The number of aliphatic hydroxyl groups excluding tert-OH is 1. The second-order valence-electron chi connectivity index (χ2n) is 9.02. The summed E-state index contributed by atoms with van der Waals surface area (Å²) in [4.78, 5) is 28.0. The molecule has 1 atom stereocenters. The van der Waals surface area contributed by atoms with Gasteiger partial charge in [0.15, 0.2) is 11.5 Å². The van der Waals surface area contributed by atoms with Crippen molar-refractivity contribution in [3.63, 3.8) is 0 Å². The summed E-state index contributed by atoms with van der Waals surface area (Å²) in [5, 5.41) is 11.7. The largest absolute Gasteiger partial charge is 0.503 e. The first-order valence-corrected chi connectivity index (χ1v) is 10.2. The molecule has 31 heavy (non-hydrogen) atoms. The zero-order valence-electron chi connectivity index (χ0n) is 18.0. The van der Waals surface area contributed by atoms with Crippen molar-refractivity contribution >= 4 is 22.6 Å². The molecule has 1 unspecified atom stereocenters. The highest BCUT2D eigenvalue weighted by Gasteiger charge is 2.46. The normalized spacial score (nSPS) is 17.1. The van der Waals surface area contributed by atoms with E-state index in [2.05, 4.69) is 0 Å². The van der Waals surface area contributed by atoms with E-state index in [-0.39, 0.29) is 23.7 Å². The standard InChI is InChI=1S/C25H25FN2O3/c1-25(2,3)23(30)20-21(18-14-27(4)19-8-6-5-7-17(18)19)28(24(31)22(20)29)13-15-9-11-16(26)12-10-15/h5-12,14,21,29H,13H2,1-4H3. The predicted molar refractivity (Wildman–Crippen MR) is 117 cm³/mol. The van der Waals surface area contributed by atoms with Gasteiger partial charge in [0.1, 0.15) is 5.82 Å². The van der Waals surface area contributed by atoms with Gasteiger partial charge in [0.25, 0.3) is 5.91 Å². The molecule has 0 aliphatic carbocycles. The van der Waals surface area contributed by atoms with Crippen LogP contribution in [0, 0.1) is 11.2 Å². The number of hydrogen-bond donors (Lipinski definition) is 1. The number of ketones is 1. The Morgan fingerprint density at radius 2 is 1.74 bits per heavy atom. The van der Waals surface area contributed by atoms with Crippen molar-refractivity contribution in [1.29, 1.82) is 0 Å². The van der Waals surface area contributed by atoms with Crippen molar-refractivity contribution in [2.75, 3.05) is 0 Å². The van der Waals surface area contributed by atoms with E-state index >= 15 is 0 Å². The van der Waals surface area contributed by atoms with Crippen LogP contribution in [0.2, 0.25) is 0 Å². The summed E-state index contributed by atoms with van der Waals surface area (Å²) < 4.78 is 15.3. The molecule has 1 aromatic heterocycles. The molecule has 0 fully saturated rings. The number of carbonyl (C=O) groups is 2. The summed E-state index contributed by atoms with van der Waals surface area (Å²) in [6.45, 7) is 5.44. The first kappa shape index (κ1) is 20.8. The molecule has 0 radical (unpaired) electrons. The lowest BCUT2D eigenvalue weighted by atomic mass is 9.82. The minimum Gasteiger partial charge on any atom is -0.503 e. The van der Waals surface area contributed by atoms with Crippen LogP contribution in [0.25, 0.3) is 10.9 Å². The number of aryl methyl sites for hydroxylation is 1. The van der Waals surface area contributed by atoms with E-state index in [1.807, 2.05) is 42.1 Å². The summed E-state index contributed by atoms with van der Waals surface area (Å²) in [6.07, 6.45) is 1.90. The number of nitrogens with zero attached hydrogens (tertiary/aromatic N) is 2. The van der Waals surface area contributed by atoms with E-state index in [1.54, 1.807) is 32.9 Å². The van der Waals surface area contributed by atoms with Gasteiger partial charge in [-0.05, 0) is 23.8 Å². The first-order chi connectivity index (χ1) is 14.6. The lowest BCUT2D eigenvalue weighted by Gasteiger charge is -2.28. The van der Waals surface area contributed by atoms with Crippen molar-refractivity contribution in [1.82, 2.24) is 9.47 Å². The van der Waals surface area contributed by atoms with Gasteiger partial charge in [-0.1, -0.05) is 51.1 Å². The third kappa shape index (κ3) is 3.52. The SMILES string of the molecule is Cn1cc(C2C(C(=O)C(C)(C)C)=C(O)C(=O)N2Cc2ccc(F)cc2)c2ccccc21. The van der Waals surface area contributed by atoms with Crippen molar-refractivity contribution < 1.29 is 19.1 Å². The van der Waals surface area contributed by atoms with E-state index in [1.165, 1.54) is 17.0 Å². The molecule has 0 bridgehead atoms. The van der Waals surface area contributed by atoms with Crippen LogP contribution in [0.5, 0.6) is 0 Å². The van der Waals surface area contributed by atoms with Crippen molar-refractivity contribution in [3.05, 3.63) is 83.0 Å². The van der Waals surface area contributed by atoms with Gasteiger partial charge in [0.05, 0.1) is 11.6 Å². The molecule has 1 aliphatic rings. The van der Waals surface area contributed by atoms with Crippen LogP contribution in [0.15, 0.2) is 66.1 Å². The number of Topliss-reactive ketones (excluding diaryl/α,β-unsaturated/α-hetero) is 1. The molecule has 1 N–H and O–H groups in total. The average Bonchev–Trinajstić information content (AvgIpc) is 3.17. The van der Waals surface area contributed by atoms with Crippen molar-refractivity contribution in [2.45, 2.75) is 33.4 Å². The van der Waals surface area contributed by atoms with Gasteiger partial charge in [-0.2, -0.15) is 0 Å². The lowest BCUT2D eigenvalue weighted by molar-refractivity contribution is -0.130. The van der Waals surface area contributed by atoms with Crippen LogP contribution in [-0.4, -0.2) is 26.3 Å². The van der Waals surface area contributed by atoms with Crippen LogP contribution >= 0.6 is 0 Å². The zero-order valence-corrected chi connectivity index (χ0v) is 18.0. The molecule has 0 saturated heterocycles. The molecular formula is C25H25FN2O3. The molecule has 2 heterocycles. The van der Waals surface area contributed by atoms with Gasteiger partial charge in [-0.25, -0.2) is 4.39 Å². The molecule has 2 aromatic carbocycles. The minimum atomic E-state index is -0.779. The molecule has 1 amide bonds. The zero-order chi connectivity index (χ0) is 22.5. The average molecular weight is 420 g/mol. The third-order valence-corrected chi connectivity index (χ3v) is 5.72. The number of halogens is 1. The van der Waals surface area contributed by atoms with Crippen molar-refractivity contribution in [2.24, 2.45) is 12.5 Å². The Morgan fingerprint density at radius 1 is 1.10 bits per heavy atom. The van der Waals surface area contributed by atoms with Gasteiger partial charge < -0.3 is 14.6 Å². The highest BCUT2D eigenvalue weighted by Crippen LogP contribution is 2.44. The number of carbonyl (C=O) groups excluding carboxylic acids is 2. The first-order valence-electron chi connectivity index (χ1n) is 10.2.